The molecule has 28 heavy (non-hydrogen) atoms. The number of nitrogens with one attached hydrogen (secondary N) is 2. The third-order valence-electron chi connectivity index (χ3n) is 3.53. The van der Waals surface area contributed by atoms with Gasteiger partial charge in [-0.25, -0.2) is 0 Å². The zero-order chi connectivity index (χ0) is 20.7. The molecule has 0 radical (unpaired) electrons. The summed E-state index contributed by atoms with van der Waals surface area (Å²) in [6.45, 7) is 3.61. The maximum absolute atomic E-state index is 12.9. The minimum Gasteiger partial charge on any atom is -0.494 e. The molecule has 0 spiro atoms. The molecule has 2 aromatic rings. The van der Waals surface area contributed by atoms with Gasteiger partial charge in [0.2, 0.25) is 11.8 Å². The highest BCUT2D eigenvalue weighted by Gasteiger charge is 2.31. The van der Waals surface area contributed by atoms with Gasteiger partial charge in [-0.3, -0.25) is 9.59 Å². The van der Waals surface area contributed by atoms with Crippen molar-refractivity contribution in [1.82, 2.24) is 0 Å². The molecule has 5 nitrogen and oxygen atoms in total. The van der Waals surface area contributed by atoms with Gasteiger partial charge in [0.25, 0.3) is 0 Å². The fourth-order valence-corrected chi connectivity index (χ4v) is 2.31. The standard InChI is InChI=1S/C20H19F3N2O3/c1-3-28-16-8-4-14(5-9-16)6-11-19(27)25-18-12-15(20(21,22)23)7-10-17(18)24-13(2)26/h4-12H,3H2,1-2H3,(H,24,26)(H,25,27)/b11-6+. The number of halogens is 3. The van der Waals surface area contributed by atoms with E-state index in [0.29, 0.717) is 17.9 Å². The Morgan fingerprint density at radius 2 is 1.71 bits per heavy atom. The van der Waals surface area contributed by atoms with E-state index >= 15 is 0 Å². The SMILES string of the molecule is CCOc1ccc(/C=C/C(=O)Nc2cc(C(F)(F)F)ccc2NC(C)=O)cc1. The Balaban J connectivity index is 2.17. The molecule has 2 rings (SSSR count). The Kier molecular flexibility index (Phi) is 6.81. The van der Waals surface area contributed by atoms with E-state index in [0.717, 1.165) is 18.2 Å². The number of carbonyl (C=O) groups is 2. The van der Waals surface area contributed by atoms with Crippen LogP contribution in [0.3, 0.4) is 0 Å². The van der Waals surface area contributed by atoms with Gasteiger partial charge >= 0.3 is 6.18 Å². The normalized spacial score (nSPS) is 11.3. The third kappa shape index (κ3) is 6.15. The third-order valence-corrected chi connectivity index (χ3v) is 3.53. The van der Waals surface area contributed by atoms with E-state index in [9.17, 15) is 22.8 Å². The quantitative estimate of drug-likeness (QED) is 0.700. The van der Waals surface area contributed by atoms with Gasteiger partial charge in [-0.2, -0.15) is 13.2 Å². The predicted octanol–water partition coefficient (Wildman–Crippen LogP) is 4.71. The van der Waals surface area contributed by atoms with Gasteiger partial charge in [-0.1, -0.05) is 12.1 Å². The van der Waals surface area contributed by atoms with E-state index in [1.807, 2.05) is 6.92 Å². The van der Waals surface area contributed by atoms with Crippen LogP contribution in [-0.2, 0) is 15.8 Å². The van der Waals surface area contributed by atoms with Crippen LogP contribution in [0, 0.1) is 0 Å². The number of hydrogen-bond donors (Lipinski definition) is 2. The lowest BCUT2D eigenvalue weighted by Gasteiger charge is -2.14. The summed E-state index contributed by atoms with van der Waals surface area (Å²) in [5.74, 6) is -0.423. The first-order chi connectivity index (χ1) is 13.2. The first kappa shape index (κ1) is 21.0. The molecular weight excluding hydrogens is 373 g/mol. The largest absolute Gasteiger partial charge is 0.494 e. The maximum Gasteiger partial charge on any atom is 0.416 e. The van der Waals surface area contributed by atoms with Crippen molar-refractivity contribution in [2.45, 2.75) is 20.0 Å². The molecule has 0 aromatic heterocycles. The summed E-state index contributed by atoms with van der Waals surface area (Å²) in [6.07, 6.45) is -1.88. The Morgan fingerprint density at radius 3 is 2.29 bits per heavy atom. The van der Waals surface area contributed by atoms with E-state index in [1.165, 1.54) is 19.1 Å². The van der Waals surface area contributed by atoms with Crippen molar-refractivity contribution >= 4 is 29.3 Å². The van der Waals surface area contributed by atoms with Gasteiger partial charge in [-0.15, -0.1) is 0 Å². The second-order valence-electron chi connectivity index (χ2n) is 5.76. The van der Waals surface area contributed by atoms with Crippen molar-refractivity contribution in [3.63, 3.8) is 0 Å². The van der Waals surface area contributed by atoms with Crippen LogP contribution in [0.5, 0.6) is 5.75 Å². The molecule has 2 aromatic carbocycles. The number of amides is 2. The number of anilines is 2. The molecule has 0 atom stereocenters. The Hall–Kier alpha value is -3.29. The van der Waals surface area contributed by atoms with Gasteiger partial charge < -0.3 is 15.4 Å². The average molecular weight is 392 g/mol. The number of ether oxygens (including phenoxy) is 1. The zero-order valence-electron chi connectivity index (χ0n) is 15.3. The van der Waals surface area contributed by atoms with Crippen molar-refractivity contribution in [3.05, 3.63) is 59.7 Å². The molecule has 148 valence electrons. The minimum atomic E-state index is -4.58. The molecule has 0 aliphatic rings. The monoisotopic (exact) mass is 392 g/mol. The van der Waals surface area contributed by atoms with E-state index in [4.69, 9.17) is 4.74 Å². The first-order valence-electron chi connectivity index (χ1n) is 8.40. The highest BCUT2D eigenvalue weighted by molar-refractivity contribution is 6.05. The van der Waals surface area contributed by atoms with Crippen molar-refractivity contribution in [1.29, 1.82) is 0 Å². The second-order valence-corrected chi connectivity index (χ2v) is 5.76. The maximum atomic E-state index is 12.9. The number of benzene rings is 2. The predicted molar refractivity (Wildman–Crippen MR) is 101 cm³/mol. The van der Waals surface area contributed by atoms with E-state index in [-0.39, 0.29) is 11.4 Å². The molecular formula is C20H19F3N2O3. The van der Waals surface area contributed by atoms with Gasteiger partial charge in [0.05, 0.1) is 23.5 Å². The molecule has 0 heterocycles. The molecule has 0 saturated heterocycles. The van der Waals surface area contributed by atoms with Gasteiger partial charge in [0.15, 0.2) is 0 Å². The minimum absolute atomic E-state index is 0.0725. The Bertz CT molecular complexity index is 875. The summed E-state index contributed by atoms with van der Waals surface area (Å²) in [6, 6.07) is 9.65. The number of carbonyl (C=O) groups excluding carboxylic acids is 2. The molecule has 0 aliphatic heterocycles. The topological polar surface area (TPSA) is 67.4 Å². The van der Waals surface area contributed by atoms with Crippen LogP contribution in [0.1, 0.15) is 25.0 Å². The van der Waals surface area contributed by atoms with E-state index < -0.39 is 23.6 Å². The molecule has 0 aliphatic carbocycles. The Labute approximate surface area is 160 Å². The summed E-state index contributed by atoms with van der Waals surface area (Å²) in [7, 11) is 0. The summed E-state index contributed by atoms with van der Waals surface area (Å²) in [4.78, 5) is 23.4. The van der Waals surface area contributed by atoms with Gasteiger partial charge in [-0.05, 0) is 48.9 Å². The average Bonchev–Trinajstić information content (AvgIpc) is 2.61. The lowest BCUT2D eigenvalue weighted by Crippen LogP contribution is -2.14. The molecule has 2 N–H and O–H groups in total. The molecule has 0 bridgehead atoms. The van der Waals surface area contributed by atoms with Crippen LogP contribution in [0.25, 0.3) is 6.08 Å². The molecule has 0 unspecified atom stereocenters. The summed E-state index contributed by atoms with van der Waals surface area (Å²) in [5, 5.41) is 4.76. The number of alkyl halides is 3. The zero-order valence-corrected chi connectivity index (χ0v) is 15.3. The lowest BCUT2D eigenvalue weighted by atomic mass is 10.1. The summed E-state index contributed by atoms with van der Waals surface area (Å²) in [5.41, 5.74) is -0.299. The summed E-state index contributed by atoms with van der Waals surface area (Å²) >= 11 is 0. The van der Waals surface area contributed by atoms with Gasteiger partial charge in [0.1, 0.15) is 5.75 Å². The summed E-state index contributed by atoms with van der Waals surface area (Å²) < 4.78 is 44.1. The van der Waals surface area contributed by atoms with Crippen molar-refractivity contribution in [3.8, 4) is 5.75 Å². The van der Waals surface area contributed by atoms with E-state index in [1.54, 1.807) is 24.3 Å². The fraction of sp³-hybridized carbons (Fsp3) is 0.200. The van der Waals surface area contributed by atoms with E-state index in [2.05, 4.69) is 10.6 Å². The van der Waals surface area contributed by atoms with Crippen LogP contribution in [0.4, 0.5) is 24.5 Å². The van der Waals surface area contributed by atoms with Crippen LogP contribution < -0.4 is 15.4 Å². The first-order valence-corrected chi connectivity index (χ1v) is 8.40. The van der Waals surface area contributed by atoms with Crippen LogP contribution in [0.15, 0.2) is 48.5 Å². The number of hydrogen-bond acceptors (Lipinski definition) is 3. The van der Waals surface area contributed by atoms with Crippen LogP contribution >= 0.6 is 0 Å². The number of rotatable bonds is 6. The molecule has 0 saturated carbocycles. The smallest absolute Gasteiger partial charge is 0.416 e. The molecule has 2 amide bonds. The van der Waals surface area contributed by atoms with Crippen LogP contribution in [0.2, 0.25) is 0 Å². The molecule has 0 fully saturated rings. The van der Waals surface area contributed by atoms with Gasteiger partial charge in [0, 0.05) is 13.0 Å². The Morgan fingerprint density at radius 1 is 1.04 bits per heavy atom. The molecule has 8 heteroatoms. The fourth-order valence-electron chi connectivity index (χ4n) is 2.31. The highest BCUT2D eigenvalue weighted by atomic mass is 19.4. The van der Waals surface area contributed by atoms with Crippen molar-refractivity contribution in [2.24, 2.45) is 0 Å². The highest BCUT2D eigenvalue weighted by Crippen LogP contribution is 2.34. The van der Waals surface area contributed by atoms with Crippen molar-refractivity contribution in [2.75, 3.05) is 17.2 Å². The lowest BCUT2D eigenvalue weighted by molar-refractivity contribution is -0.137. The van der Waals surface area contributed by atoms with Crippen molar-refractivity contribution < 1.29 is 27.5 Å². The van der Waals surface area contributed by atoms with Crippen LogP contribution in [-0.4, -0.2) is 18.4 Å². The second kappa shape index (κ2) is 9.07.